The van der Waals surface area contributed by atoms with Gasteiger partial charge in [0, 0.05) is 32.6 Å². The molecule has 22 heavy (non-hydrogen) atoms. The SMILES string of the molecule is CCCC(=O)NCC(=O)N1CCN(c2ccccc2F)CC1. The number of hydrogen-bond acceptors (Lipinski definition) is 3. The number of benzene rings is 1. The van der Waals surface area contributed by atoms with Gasteiger partial charge < -0.3 is 15.1 Å². The number of carbonyl (C=O) groups excluding carboxylic acids is 2. The number of hydrogen-bond donors (Lipinski definition) is 1. The van der Waals surface area contributed by atoms with Crippen LogP contribution in [0.15, 0.2) is 24.3 Å². The molecule has 1 aliphatic heterocycles. The van der Waals surface area contributed by atoms with E-state index in [-0.39, 0.29) is 24.2 Å². The van der Waals surface area contributed by atoms with Crippen LogP contribution in [-0.4, -0.2) is 49.4 Å². The highest BCUT2D eigenvalue weighted by Gasteiger charge is 2.22. The number of halogens is 1. The second-order valence-corrected chi connectivity index (χ2v) is 5.35. The molecule has 0 radical (unpaired) electrons. The minimum absolute atomic E-state index is 0.0402. The molecule has 1 aliphatic rings. The first-order valence-corrected chi connectivity index (χ1v) is 7.65. The lowest BCUT2D eigenvalue weighted by Crippen LogP contribution is -2.51. The quantitative estimate of drug-likeness (QED) is 0.894. The van der Waals surface area contributed by atoms with Crippen molar-refractivity contribution in [1.29, 1.82) is 0 Å². The van der Waals surface area contributed by atoms with Crippen LogP contribution < -0.4 is 10.2 Å². The number of nitrogens with one attached hydrogen (secondary N) is 1. The molecule has 5 nitrogen and oxygen atoms in total. The Morgan fingerprint density at radius 1 is 1.18 bits per heavy atom. The highest BCUT2D eigenvalue weighted by atomic mass is 19.1. The van der Waals surface area contributed by atoms with E-state index in [4.69, 9.17) is 0 Å². The zero-order valence-electron chi connectivity index (χ0n) is 12.8. The number of anilines is 1. The third kappa shape index (κ3) is 4.19. The number of amides is 2. The molecule has 1 N–H and O–H groups in total. The maximum absolute atomic E-state index is 13.7. The van der Waals surface area contributed by atoms with Crippen LogP contribution in [0.25, 0.3) is 0 Å². The maximum Gasteiger partial charge on any atom is 0.242 e. The van der Waals surface area contributed by atoms with Crippen LogP contribution in [0.5, 0.6) is 0 Å². The number of piperazine rings is 1. The number of nitrogens with zero attached hydrogens (tertiary/aromatic N) is 2. The Labute approximate surface area is 130 Å². The fourth-order valence-corrected chi connectivity index (χ4v) is 2.51. The summed E-state index contributed by atoms with van der Waals surface area (Å²) in [4.78, 5) is 27.1. The second kappa shape index (κ2) is 7.77. The van der Waals surface area contributed by atoms with E-state index in [1.807, 2.05) is 11.8 Å². The summed E-state index contributed by atoms with van der Waals surface area (Å²) >= 11 is 0. The van der Waals surface area contributed by atoms with Crippen molar-refractivity contribution in [2.75, 3.05) is 37.6 Å². The fraction of sp³-hybridized carbons (Fsp3) is 0.500. The van der Waals surface area contributed by atoms with Gasteiger partial charge in [0.25, 0.3) is 0 Å². The average molecular weight is 307 g/mol. The van der Waals surface area contributed by atoms with Crippen LogP contribution in [0.3, 0.4) is 0 Å². The molecule has 0 atom stereocenters. The van der Waals surface area contributed by atoms with Crippen molar-refractivity contribution in [3.63, 3.8) is 0 Å². The molecule has 1 fully saturated rings. The van der Waals surface area contributed by atoms with Crippen molar-refractivity contribution in [3.05, 3.63) is 30.1 Å². The van der Waals surface area contributed by atoms with Crippen LogP contribution in [0.2, 0.25) is 0 Å². The van der Waals surface area contributed by atoms with Crippen molar-refractivity contribution in [2.45, 2.75) is 19.8 Å². The second-order valence-electron chi connectivity index (χ2n) is 5.35. The molecule has 120 valence electrons. The van der Waals surface area contributed by atoms with Crippen molar-refractivity contribution < 1.29 is 14.0 Å². The molecule has 2 amide bonds. The summed E-state index contributed by atoms with van der Waals surface area (Å²) in [6, 6.07) is 6.66. The maximum atomic E-state index is 13.7. The lowest BCUT2D eigenvalue weighted by Gasteiger charge is -2.36. The van der Waals surface area contributed by atoms with Crippen molar-refractivity contribution in [1.82, 2.24) is 10.2 Å². The molecule has 0 bridgehead atoms. The number of carbonyl (C=O) groups is 2. The monoisotopic (exact) mass is 307 g/mol. The Balaban J connectivity index is 1.81. The van der Waals surface area contributed by atoms with Gasteiger partial charge in [-0.15, -0.1) is 0 Å². The molecule has 1 aromatic rings. The predicted octanol–water partition coefficient (Wildman–Crippen LogP) is 1.39. The summed E-state index contributed by atoms with van der Waals surface area (Å²) in [6.07, 6.45) is 1.20. The summed E-state index contributed by atoms with van der Waals surface area (Å²) in [7, 11) is 0. The minimum Gasteiger partial charge on any atom is -0.366 e. The van der Waals surface area contributed by atoms with Crippen LogP contribution in [-0.2, 0) is 9.59 Å². The highest BCUT2D eigenvalue weighted by Crippen LogP contribution is 2.20. The molecule has 6 heteroatoms. The smallest absolute Gasteiger partial charge is 0.242 e. The average Bonchev–Trinajstić information content (AvgIpc) is 2.53. The van der Waals surface area contributed by atoms with Gasteiger partial charge in [0.2, 0.25) is 11.8 Å². The van der Waals surface area contributed by atoms with Crippen molar-refractivity contribution >= 4 is 17.5 Å². The van der Waals surface area contributed by atoms with Crippen LogP contribution >= 0.6 is 0 Å². The largest absolute Gasteiger partial charge is 0.366 e. The van der Waals surface area contributed by atoms with Crippen LogP contribution in [0.4, 0.5) is 10.1 Å². The Bertz CT molecular complexity index is 528. The molecule has 1 saturated heterocycles. The van der Waals surface area contributed by atoms with E-state index in [0.717, 1.165) is 6.42 Å². The molecule has 0 unspecified atom stereocenters. The van der Waals surface area contributed by atoms with Gasteiger partial charge in [-0.1, -0.05) is 19.1 Å². The van der Waals surface area contributed by atoms with Gasteiger partial charge in [-0.3, -0.25) is 9.59 Å². The van der Waals surface area contributed by atoms with Gasteiger partial charge in [-0.05, 0) is 18.6 Å². The standard InChI is InChI=1S/C16H22FN3O2/c1-2-5-15(21)18-12-16(22)20-10-8-19(9-11-20)14-7-4-3-6-13(14)17/h3-4,6-7H,2,5,8-12H2,1H3,(H,18,21). The van der Waals surface area contributed by atoms with Crippen molar-refractivity contribution in [3.8, 4) is 0 Å². The molecule has 2 rings (SSSR count). The molecule has 0 aliphatic carbocycles. The summed E-state index contributed by atoms with van der Waals surface area (Å²) in [5.41, 5.74) is 0.575. The van der Waals surface area contributed by atoms with E-state index in [2.05, 4.69) is 5.32 Å². The molecule has 1 heterocycles. The van der Waals surface area contributed by atoms with Gasteiger partial charge >= 0.3 is 0 Å². The third-order valence-corrected chi connectivity index (χ3v) is 3.74. The Morgan fingerprint density at radius 3 is 2.50 bits per heavy atom. The normalized spacial score (nSPS) is 14.8. The zero-order valence-corrected chi connectivity index (χ0v) is 12.8. The van der Waals surface area contributed by atoms with Crippen LogP contribution in [0, 0.1) is 5.82 Å². The van der Waals surface area contributed by atoms with Gasteiger partial charge in [-0.25, -0.2) is 4.39 Å². The molecular formula is C16H22FN3O2. The van der Waals surface area contributed by atoms with Gasteiger partial charge in [0.1, 0.15) is 5.82 Å². The Kier molecular flexibility index (Phi) is 5.75. The highest BCUT2D eigenvalue weighted by molar-refractivity contribution is 5.84. The van der Waals surface area contributed by atoms with Gasteiger partial charge in [-0.2, -0.15) is 0 Å². The molecule has 0 saturated carbocycles. The molecular weight excluding hydrogens is 285 g/mol. The van der Waals surface area contributed by atoms with E-state index in [0.29, 0.717) is 38.3 Å². The topological polar surface area (TPSA) is 52.7 Å². The first kappa shape index (κ1) is 16.3. The predicted molar refractivity (Wildman–Crippen MR) is 83.1 cm³/mol. The Hall–Kier alpha value is -2.11. The first-order valence-electron chi connectivity index (χ1n) is 7.65. The van der Waals surface area contributed by atoms with E-state index < -0.39 is 0 Å². The molecule has 0 aromatic heterocycles. The number of rotatable bonds is 5. The van der Waals surface area contributed by atoms with Crippen LogP contribution in [0.1, 0.15) is 19.8 Å². The van der Waals surface area contributed by atoms with Gasteiger partial charge in [0.15, 0.2) is 0 Å². The fourth-order valence-electron chi connectivity index (χ4n) is 2.51. The van der Waals surface area contributed by atoms with E-state index in [1.165, 1.54) is 6.07 Å². The first-order chi connectivity index (χ1) is 10.6. The van der Waals surface area contributed by atoms with Gasteiger partial charge in [0.05, 0.1) is 12.2 Å². The summed E-state index contributed by atoms with van der Waals surface area (Å²) in [5.74, 6) is -0.424. The molecule has 1 aromatic carbocycles. The minimum atomic E-state index is -0.242. The molecule has 0 spiro atoms. The van der Waals surface area contributed by atoms with E-state index in [9.17, 15) is 14.0 Å². The van der Waals surface area contributed by atoms with Crippen molar-refractivity contribution in [2.24, 2.45) is 0 Å². The lowest BCUT2D eigenvalue weighted by molar-refractivity contribution is -0.133. The Morgan fingerprint density at radius 2 is 1.86 bits per heavy atom. The summed E-state index contributed by atoms with van der Waals surface area (Å²) in [5, 5.41) is 2.63. The third-order valence-electron chi connectivity index (χ3n) is 3.74. The van der Waals surface area contributed by atoms with E-state index >= 15 is 0 Å². The summed E-state index contributed by atoms with van der Waals surface area (Å²) in [6.45, 7) is 4.22. The lowest BCUT2D eigenvalue weighted by atomic mass is 10.2. The summed E-state index contributed by atoms with van der Waals surface area (Å²) < 4.78 is 13.7. The number of para-hydroxylation sites is 1. The van der Waals surface area contributed by atoms with E-state index in [1.54, 1.807) is 23.1 Å². The zero-order chi connectivity index (χ0) is 15.9.